The molecule has 1 aliphatic carbocycles. The van der Waals surface area contributed by atoms with Crippen LogP contribution in [0, 0.1) is 0 Å². The molecule has 0 unspecified atom stereocenters. The van der Waals surface area contributed by atoms with E-state index in [2.05, 4.69) is 33.0 Å². The molecule has 2 nitrogen and oxygen atoms in total. The molecule has 0 spiro atoms. The number of rotatable bonds is 2. The van der Waals surface area contributed by atoms with E-state index in [9.17, 15) is 0 Å². The van der Waals surface area contributed by atoms with Crippen LogP contribution in [0.4, 0.5) is 5.13 Å². The summed E-state index contributed by atoms with van der Waals surface area (Å²) in [6, 6.07) is 0.473. The monoisotopic (exact) mass is 224 g/mol. The Labute approximate surface area is 96.1 Å². The average Bonchev–Trinajstić information content (AvgIpc) is 2.46. The van der Waals surface area contributed by atoms with Gasteiger partial charge in [-0.25, -0.2) is 4.98 Å². The number of hydrogen-bond acceptors (Lipinski definition) is 3. The Kier molecular flexibility index (Phi) is 2.75. The lowest BCUT2D eigenvalue weighted by Crippen LogP contribution is -2.23. The normalized spacial score (nSPS) is 19.0. The van der Waals surface area contributed by atoms with Gasteiger partial charge < -0.3 is 5.32 Å². The summed E-state index contributed by atoms with van der Waals surface area (Å²) in [6.07, 6.45) is 3.80. The van der Waals surface area contributed by atoms with Crippen LogP contribution in [-0.4, -0.2) is 11.0 Å². The highest BCUT2D eigenvalue weighted by Gasteiger charge is 2.31. The van der Waals surface area contributed by atoms with Crippen molar-refractivity contribution in [3.8, 4) is 0 Å². The van der Waals surface area contributed by atoms with Gasteiger partial charge in [-0.1, -0.05) is 13.8 Å². The quantitative estimate of drug-likeness (QED) is 0.830. The summed E-state index contributed by atoms with van der Waals surface area (Å²) in [5.41, 5.74) is 1.61. The number of thiazole rings is 1. The topological polar surface area (TPSA) is 24.9 Å². The SMILES string of the molecule is CC(C)Nc1nc2c(s1)CCCC2(C)C. The van der Waals surface area contributed by atoms with Gasteiger partial charge in [-0.05, 0) is 33.1 Å². The van der Waals surface area contributed by atoms with Crippen LogP contribution < -0.4 is 5.32 Å². The molecule has 1 aliphatic rings. The van der Waals surface area contributed by atoms with E-state index in [-0.39, 0.29) is 5.41 Å². The second-order valence-corrected chi connectivity index (χ2v) is 6.41. The molecule has 3 heteroatoms. The first-order valence-corrected chi connectivity index (χ1v) is 6.57. The maximum atomic E-state index is 4.75. The highest BCUT2D eigenvalue weighted by Crippen LogP contribution is 2.40. The summed E-state index contributed by atoms with van der Waals surface area (Å²) in [6.45, 7) is 8.94. The summed E-state index contributed by atoms with van der Waals surface area (Å²) >= 11 is 1.84. The van der Waals surface area contributed by atoms with Gasteiger partial charge in [0.15, 0.2) is 5.13 Å². The third kappa shape index (κ3) is 2.17. The Morgan fingerprint density at radius 1 is 1.40 bits per heavy atom. The number of anilines is 1. The third-order valence-electron chi connectivity index (χ3n) is 2.96. The molecule has 84 valence electrons. The summed E-state index contributed by atoms with van der Waals surface area (Å²) in [5.74, 6) is 0. The van der Waals surface area contributed by atoms with Crippen LogP contribution in [0.5, 0.6) is 0 Å². The molecule has 1 N–H and O–H groups in total. The molecule has 1 aromatic rings. The van der Waals surface area contributed by atoms with Crippen molar-refractivity contribution in [3.05, 3.63) is 10.6 Å². The van der Waals surface area contributed by atoms with Gasteiger partial charge in [0, 0.05) is 16.3 Å². The van der Waals surface area contributed by atoms with Crippen molar-refractivity contribution in [2.24, 2.45) is 0 Å². The predicted octanol–water partition coefficient (Wildman–Crippen LogP) is 3.58. The minimum absolute atomic E-state index is 0.279. The van der Waals surface area contributed by atoms with Gasteiger partial charge in [-0.2, -0.15) is 0 Å². The zero-order chi connectivity index (χ0) is 11.1. The van der Waals surface area contributed by atoms with E-state index in [0.29, 0.717) is 6.04 Å². The minimum atomic E-state index is 0.279. The van der Waals surface area contributed by atoms with Crippen LogP contribution in [0.1, 0.15) is 51.1 Å². The first kappa shape index (κ1) is 10.9. The van der Waals surface area contributed by atoms with E-state index in [1.165, 1.54) is 29.8 Å². The lowest BCUT2D eigenvalue weighted by Gasteiger charge is -2.27. The van der Waals surface area contributed by atoms with Gasteiger partial charge in [-0.3, -0.25) is 0 Å². The third-order valence-corrected chi connectivity index (χ3v) is 4.00. The molecule has 0 saturated carbocycles. The molecular weight excluding hydrogens is 204 g/mol. The van der Waals surface area contributed by atoms with Crippen molar-refractivity contribution in [1.82, 2.24) is 4.98 Å². The Hall–Kier alpha value is -0.570. The maximum Gasteiger partial charge on any atom is 0.183 e. The molecule has 0 radical (unpaired) electrons. The maximum absolute atomic E-state index is 4.75. The Morgan fingerprint density at radius 2 is 2.13 bits per heavy atom. The fraction of sp³-hybridized carbons (Fsp3) is 0.750. The second-order valence-electron chi connectivity index (χ2n) is 5.33. The molecule has 15 heavy (non-hydrogen) atoms. The summed E-state index contributed by atoms with van der Waals surface area (Å²) in [4.78, 5) is 6.25. The lowest BCUT2D eigenvalue weighted by atomic mass is 9.79. The predicted molar refractivity (Wildman–Crippen MR) is 66.8 cm³/mol. The molecule has 0 amide bonds. The molecule has 1 aromatic heterocycles. The Morgan fingerprint density at radius 3 is 2.73 bits per heavy atom. The Bertz CT molecular complexity index is 353. The van der Waals surface area contributed by atoms with Gasteiger partial charge in [0.2, 0.25) is 0 Å². The van der Waals surface area contributed by atoms with Gasteiger partial charge in [0.25, 0.3) is 0 Å². The van der Waals surface area contributed by atoms with E-state index in [1.54, 1.807) is 0 Å². The molecule has 0 atom stereocenters. The molecule has 0 fully saturated rings. The number of fused-ring (bicyclic) bond motifs is 1. The van der Waals surface area contributed by atoms with Gasteiger partial charge in [-0.15, -0.1) is 11.3 Å². The fourth-order valence-corrected chi connectivity index (χ4v) is 3.50. The number of nitrogens with zero attached hydrogens (tertiary/aromatic N) is 1. The van der Waals surface area contributed by atoms with Gasteiger partial charge in [0.1, 0.15) is 0 Å². The molecule has 2 rings (SSSR count). The first-order chi connectivity index (χ1) is 6.99. The van der Waals surface area contributed by atoms with Crippen molar-refractivity contribution in [1.29, 1.82) is 0 Å². The standard InChI is InChI=1S/C12H20N2S/c1-8(2)13-11-14-10-9(15-11)6-5-7-12(10,3)4/h8H,5-7H2,1-4H3,(H,13,14). The van der Waals surface area contributed by atoms with Crippen molar-refractivity contribution >= 4 is 16.5 Å². The van der Waals surface area contributed by atoms with E-state index in [0.717, 1.165) is 5.13 Å². The van der Waals surface area contributed by atoms with Crippen LogP contribution >= 0.6 is 11.3 Å². The molecule has 0 aromatic carbocycles. The molecule has 0 saturated heterocycles. The molecule has 1 heterocycles. The van der Waals surface area contributed by atoms with Crippen molar-refractivity contribution in [2.45, 2.75) is 58.4 Å². The zero-order valence-corrected chi connectivity index (χ0v) is 10.9. The van der Waals surface area contributed by atoms with Crippen LogP contribution in [-0.2, 0) is 11.8 Å². The first-order valence-electron chi connectivity index (χ1n) is 5.76. The van der Waals surface area contributed by atoms with Gasteiger partial charge >= 0.3 is 0 Å². The van der Waals surface area contributed by atoms with E-state index in [1.807, 2.05) is 11.3 Å². The minimum Gasteiger partial charge on any atom is -0.359 e. The molecule has 0 aliphatic heterocycles. The van der Waals surface area contributed by atoms with Crippen molar-refractivity contribution in [2.75, 3.05) is 5.32 Å². The van der Waals surface area contributed by atoms with Crippen LogP contribution in [0.3, 0.4) is 0 Å². The number of nitrogens with one attached hydrogen (secondary N) is 1. The Balaban J connectivity index is 2.30. The summed E-state index contributed by atoms with van der Waals surface area (Å²) < 4.78 is 0. The molecular formula is C12H20N2S. The summed E-state index contributed by atoms with van der Waals surface area (Å²) in [5, 5.41) is 4.51. The van der Waals surface area contributed by atoms with Crippen LogP contribution in [0.25, 0.3) is 0 Å². The largest absolute Gasteiger partial charge is 0.359 e. The van der Waals surface area contributed by atoms with Crippen LogP contribution in [0.2, 0.25) is 0 Å². The zero-order valence-electron chi connectivity index (χ0n) is 10.1. The lowest BCUT2D eigenvalue weighted by molar-refractivity contribution is 0.424. The van der Waals surface area contributed by atoms with E-state index in [4.69, 9.17) is 4.98 Å². The summed E-state index contributed by atoms with van der Waals surface area (Å²) in [7, 11) is 0. The van der Waals surface area contributed by atoms with E-state index < -0.39 is 0 Å². The van der Waals surface area contributed by atoms with Gasteiger partial charge in [0.05, 0.1) is 5.69 Å². The highest BCUT2D eigenvalue weighted by atomic mass is 32.1. The smallest absolute Gasteiger partial charge is 0.183 e. The average molecular weight is 224 g/mol. The number of aryl methyl sites for hydroxylation is 1. The number of hydrogen-bond donors (Lipinski definition) is 1. The highest BCUT2D eigenvalue weighted by molar-refractivity contribution is 7.15. The van der Waals surface area contributed by atoms with E-state index >= 15 is 0 Å². The number of aromatic nitrogens is 1. The van der Waals surface area contributed by atoms with Crippen molar-refractivity contribution in [3.63, 3.8) is 0 Å². The molecule has 0 bridgehead atoms. The second kappa shape index (κ2) is 3.78. The fourth-order valence-electron chi connectivity index (χ4n) is 2.17. The van der Waals surface area contributed by atoms with Crippen LogP contribution in [0.15, 0.2) is 0 Å². The van der Waals surface area contributed by atoms with Crippen molar-refractivity contribution < 1.29 is 0 Å².